The molecule has 0 atom stereocenters. The third-order valence-corrected chi connectivity index (χ3v) is 3.10. The molecule has 0 unspecified atom stereocenters. The summed E-state index contributed by atoms with van der Waals surface area (Å²) in [5.41, 5.74) is 2.05. The fraction of sp³-hybridized carbons (Fsp3) is 0.188. The van der Waals surface area contributed by atoms with Crippen molar-refractivity contribution in [1.29, 1.82) is 0 Å². The first kappa shape index (κ1) is 15.5. The third kappa shape index (κ3) is 4.90. The summed E-state index contributed by atoms with van der Waals surface area (Å²) in [5.74, 6) is 0.456. The lowest BCUT2D eigenvalue weighted by Gasteiger charge is -2.22. The van der Waals surface area contributed by atoms with Crippen LogP contribution in [-0.2, 0) is 13.1 Å². The number of hydrogen-bond donors (Lipinski definition) is 1. The van der Waals surface area contributed by atoms with E-state index < -0.39 is 4.92 Å². The molecule has 0 fully saturated rings. The molecule has 22 heavy (non-hydrogen) atoms. The molecule has 0 radical (unpaired) electrons. The number of rotatable bonds is 7. The maximum absolute atomic E-state index is 10.8. The second-order valence-electron chi connectivity index (χ2n) is 4.86. The van der Waals surface area contributed by atoms with E-state index in [4.69, 9.17) is 0 Å². The van der Waals surface area contributed by atoms with Gasteiger partial charge >= 0.3 is 0 Å². The Balaban J connectivity index is 2.04. The smallest absolute Gasteiger partial charge is 0.274 e. The second kappa shape index (κ2) is 7.78. The highest BCUT2D eigenvalue weighted by Gasteiger charge is 2.10. The molecule has 1 heterocycles. The van der Waals surface area contributed by atoms with Crippen molar-refractivity contribution in [2.45, 2.75) is 13.1 Å². The van der Waals surface area contributed by atoms with Gasteiger partial charge in [-0.2, -0.15) is 0 Å². The molecule has 2 rings (SSSR count). The first-order valence-electron chi connectivity index (χ1n) is 6.88. The molecule has 1 aromatic carbocycles. The standard InChI is InChI=1S/C16H18N4O2/c1-19(12-14-6-3-2-4-7-14)16(13-20(21)22)18-11-15-8-5-9-17-10-15/h2-10,13,18H,11-12H2,1H3. The lowest BCUT2D eigenvalue weighted by Crippen LogP contribution is -2.29. The van der Waals surface area contributed by atoms with Gasteiger partial charge in [0.2, 0.25) is 0 Å². The maximum Gasteiger partial charge on any atom is 0.274 e. The van der Waals surface area contributed by atoms with Crippen LogP contribution >= 0.6 is 0 Å². The van der Waals surface area contributed by atoms with Crippen LogP contribution in [0.4, 0.5) is 0 Å². The molecule has 0 aliphatic carbocycles. The van der Waals surface area contributed by atoms with E-state index in [1.807, 2.05) is 54.4 Å². The highest BCUT2D eigenvalue weighted by Crippen LogP contribution is 2.08. The summed E-state index contributed by atoms with van der Waals surface area (Å²) >= 11 is 0. The largest absolute Gasteiger partial charge is 0.362 e. The molecule has 0 saturated heterocycles. The van der Waals surface area contributed by atoms with Gasteiger partial charge in [0.05, 0.1) is 4.92 Å². The molecule has 2 aromatic rings. The van der Waals surface area contributed by atoms with Crippen molar-refractivity contribution in [3.8, 4) is 0 Å². The molecule has 0 spiro atoms. The molecule has 6 heteroatoms. The summed E-state index contributed by atoms with van der Waals surface area (Å²) in [4.78, 5) is 16.2. The van der Waals surface area contributed by atoms with Crippen LogP contribution < -0.4 is 5.32 Å². The summed E-state index contributed by atoms with van der Waals surface area (Å²) in [7, 11) is 1.82. The fourth-order valence-corrected chi connectivity index (χ4v) is 2.02. The topological polar surface area (TPSA) is 71.3 Å². The van der Waals surface area contributed by atoms with Crippen LogP contribution in [-0.4, -0.2) is 21.9 Å². The van der Waals surface area contributed by atoms with E-state index in [9.17, 15) is 10.1 Å². The van der Waals surface area contributed by atoms with Crippen LogP contribution in [0.15, 0.2) is 66.9 Å². The molecule has 1 aromatic heterocycles. The lowest BCUT2D eigenvalue weighted by atomic mass is 10.2. The van der Waals surface area contributed by atoms with Gasteiger partial charge in [0.25, 0.3) is 6.20 Å². The van der Waals surface area contributed by atoms with Gasteiger partial charge < -0.3 is 10.2 Å². The van der Waals surface area contributed by atoms with Crippen molar-refractivity contribution in [2.75, 3.05) is 7.05 Å². The SMILES string of the molecule is CN(Cc1ccccc1)C(=C[N+](=O)[O-])NCc1cccnc1. The minimum Gasteiger partial charge on any atom is -0.362 e. The third-order valence-electron chi connectivity index (χ3n) is 3.10. The summed E-state index contributed by atoms with van der Waals surface area (Å²) < 4.78 is 0. The summed E-state index contributed by atoms with van der Waals surface area (Å²) in [5, 5.41) is 13.9. The molecule has 0 aliphatic rings. The number of nitrogens with zero attached hydrogens (tertiary/aromatic N) is 3. The Morgan fingerprint density at radius 1 is 1.27 bits per heavy atom. The van der Waals surface area contributed by atoms with Gasteiger partial charge in [-0.1, -0.05) is 36.4 Å². The van der Waals surface area contributed by atoms with Gasteiger partial charge in [-0.25, -0.2) is 0 Å². The van der Waals surface area contributed by atoms with Crippen molar-refractivity contribution >= 4 is 0 Å². The lowest BCUT2D eigenvalue weighted by molar-refractivity contribution is -0.404. The Morgan fingerprint density at radius 2 is 2.00 bits per heavy atom. The second-order valence-corrected chi connectivity index (χ2v) is 4.86. The van der Waals surface area contributed by atoms with Crippen LogP contribution in [0.3, 0.4) is 0 Å². The first-order valence-corrected chi connectivity index (χ1v) is 6.88. The molecule has 114 valence electrons. The molecular weight excluding hydrogens is 280 g/mol. The molecule has 0 aliphatic heterocycles. The molecule has 0 saturated carbocycles. The Bertz CT molecular complexity index is 629. The van der Waals surface area contributed by atoms with Gasteiger partial charge in [0.1, 0.15) is 0 Å². The van der Waals surface area contributed by atoms with Gasteiger partial charge in [-0.05, 0) is 17.2 Å². The van der Waals surface area contributed by atoms with E-state index in [1.54, 1.807) is 12.4 Å². The predicted octanol–water partition coefficient (Wildman–Crippen LogP) is 2.38. The van der Waals surface area contributed by atoms with Crippen LogP contribution in [0.1, 0.15) is 11.1 Å². The van der Waals surface area contributed by atoms with Crippen molar-refractivity contribution in [3.63, 3.8) is 0 Å². The quantitative estimate of drug-likeness (QED) is 0.627. The van der Waals surface area contributed by atoms with Crippen molar-refractivity contribution < 1.29 is 4.92 Å². The van der Waals surface area contributed by atoms with E-state index in [1.165, 1.54) is 0 Å². The van der Waals surface area contributed by atoms with E-state index >= 15 is 0 Å². The molecular formula is C16H18N4O2. The Hall–Kier alpha value is -2.89. The number of hydrogen-bond acceptors (Lipinski definition) is 5. The minimum absolute atomic E-state index is 0.451. The molecule has 0 amide bonds. The van der Waals surface area contributed by atoms with Crippen LogP contribution in [0.5, 0.6) is 0 Å². The highest BCUT2D eigenvalue weighted by molar-refractivity contribution is 5.16. The highest BCUT2D eigenvalue weighted by atomic mass is 16.6. The van der Waals surface area contributed by atoms with Gasteiger partial charge in [0.15, 0.2) is 5.82 Å². The van der Waals surface area contributed by atoms with Crippen molar-refractivity contribution in [3.05, 3.63) is 88.1 Å². The average molecular weight is 298 g/mol. The molecule has 1 N–H and O–H groups in total. The number of nitrogens with one attached hydrogen (secondary N) is 1. The van der Waals surface area contributed by atoms with Gasteiger partial charge in [0, 0.05) is 32.5 Å². The average Bonchev–Trinajstić information content (AvgIpc) is 2.53. The van der Waals surface area contributed by atoms with E-state index in [0.29, 0.717) is 18.9 Å². The number of nitro groups is 1. The molecule has 6 nitrogen and oxygen atoms in total. The fourth-order valence-electron chi connectivity index (χ4n) is 2.02. The van der Waals surface area contributed by atoms with Crippen molar-refractivity contribution in [1.82, 2.24) is 15.2 Å². The molecule has 0 bridgehead atoms. The summed E-state index contributed by atoms with van der Waals surface area (Å²) in [6, 6.07) is 13.6. The maximum atomic E-state index is 10.8. The number of pyridine rings is 1. The van der Waals surface area contributed by atoms with E-state index in [0.717, 1.165) is 17.3 Å². The Morgan fingerprint density at radius 3 is 2.64 bits per heavy atom. The van der Waals surface area contributed by atoms with E-state index in [-0.39, 0.29) is 0 Å². The normalized spacial score (nSPS) is 11.0. The van der Waals surface area contributed by atoms with Crippen LogP contribution in [0.2, 0.25) is 0 Å². The van der Waals surface area contributed by atoms with Crippen LogP contribution in [0, 0.1) is 10.1 Å². The summed E-state index contributed by atoms with van der Waals surface area (Å²) in [6.07, 6.45) is 4.41. The van der Waals surface area contributed by atoms with Crippen LogP contribution in [0.25, 0.3) is 0 Å². The summed E-state index contributed by atoms with van der Waals surface area (Å²) in [6.45, 7) is 1.06. The minimum atomic E-state index is -0.451. The van der Waals surface area contributed by atoms with E-state index in [2.05, 4.69) is 10.3 Å². The Labute approximate surface area is 129 Å². The zero-order valence-electron chi connectivity index (χ0n) is 12.3. The zero-order chi connectivity index (χ0) is 15.8. The first-order chi connectivity index (χ1) is 10.6. The predicted molar refractivity (Wildman–Crippen MR) is 84.1 cm³/mol. The number of benzene rings is 1. The number of aromatic nitrogens is 1. The zero-order valence-corrected chi connectivity index (χ0v) is 12.3. The van der Waals surface area contributed by atoms with Gasteiger partial charge in [-0.3, -0.25) is 15.1 Å². The van der Waals surface area contributed by atoms with Gasteiger partial charge in [-0.15, -0.1) is 0 Å². The Kier molecular flexibility index (Phi) is 5.48. The monoisotopic (exact) mass is 298 g/mol. The van der Waals surface area contributed by atoms with Crippen molar-refractivity contribution in [2.24, 2.45) is 0 Å².